The molecule has 0 saturated carbocycles. The van der Waals surface area contributed by atoms with Crippen molar-refractivity contribution in [2.45, 2.75) is 51.6 Å². The summed E-state index contributed by atoms with van der Waals surface area (Å²) in [5, 5.41) is 4.41. The molecule has 0 spiro atoms. The molecule has 0 aliphatic rings. The third-order valence-electron chi connectivity index (χ3n) is 3.65. The maximum atomic E-state index is 5.96. The largest absolute Gasteiger partial charge is 0.327 e. The van der Waals surface area contributed by atoms with Gasteiger partial charge in [-0.1, -0.05) is 37.3 Å². The minimum Gasteiger partial charge on any atom is -0.327 e. The van der Waals surface area contributed by atoms with Crippen LogP contribution in [-0.2, 0) is 19.4 Å². The average Bonchev–Trinajstić information content (AvgIpc) is 2.92. The molecule has 2 rings (SSSR count). The fourth-order valence-corrected chi connectivity index (χ4v) is 2.33. The van der Waals surface area contributed by atoms with Crippen molar-refractivity contribution in [2.24, 2.45) is 5.73 Å². The molecule has 0 bridgehead atoms. The van der Waals surface area contributed by atoms with Crippen molar-refractivity contribution < 1.29 is 0 Å². The highest BCUT2D eigenvalue weighted by Crippen LogP contribution is 2.07. The van der Waals surface area contributed by atoms with Gasteiger partial charge in [0.25, 0.3) is 0 Å². The van der Waals surface area contributed by atoms with Gasteiger partial charge >= 0.3 is 0 Å². The summed E-state index contributed by atoms with van der Waals surface area (Å²) in [6.07, 6.45) is 9.55. The number of aryl methyl sites for hydroxylation is 2. The third-order valence-corrected chi connectivity index (χ3v) is 3.65. The van der Waals surface area contributed by atoms with E-state index in [-0.39, 0.29) is 6.04 Å². The van der Waals surface area contributed by atoms with E-state index in [2.05, 4.69) is 48.6 Å². The highest BCUT2D eigenvalue weighted by molar-refractivity contribution is 5.14. The van der Waals surface area contributed by atoms with Gasteiger partial charge in [-0.15, -0.1) is 0 Å². The first kappa shape index (κ1) is 14.8. The minimum absolute atomic E-state index is 0.255. The fraction of sp³-hybridized carbons (Fsp3) is 0.471. The molecule has 0 aliphatic carbocycles. The summed E-state index contributed by atoms with van der Waals surface area (Å²) in [5.41, 5.74) is 8.63. The Morgan fingerprint density at radius 3 is 2.70 bits per heavy atom. The molecule has 1 aromatic heterocycles. The van der Waals surface area contributed by atoms with Crippen molar-refractivity contribution in [1.82, 2.24) is 9.78 Å². The molecule has 1 aromatic carbocycles. The maximum absolute atomic E-state index is 5.96. The van der Waals surface area contributed by atoms with Crippen LogP contribution >= 0.6 is 0 Å². The van der Waals surface area contributed by atoms with Gasteiger partial charge in [0.05, 0.1) is 6.20 Å². The van der Waals surface area contributed by atoms with Gasteiger partial charge in [0, 0.05) is 18.8 Å². The van der Waals surface area contributed by atoms with E-state index >= 15 is 0 Å². The van der Waals surface area contributed by atoms with Gasteiger partial charge in [-0.3, -0.25) is 4.68 Å². The predicted molar refractivity (Wildman–Crippen MR) is 83.6 cm³/mol. The van der Waals surface area contributed by atoms with E-state index in [1.54, 1.807) is 0 Å². The van der Waals surface area contributed by atoms with Gasteiger partial charge in [0.2, 0.25) is 0 Å². The van der Waals surface area contributed by atoms with Crippen LogP contribution in [0.15, 0.2) is 42.7 Å². The zero-order chi connectivity index (χ0) is 14.2. The van der Waals surface area contributed by atoms with Crippen LogP contribution in [0.3, 0.4) is 0 Å². The Bertz CT molecular complexity index is 490. The molecule has 0 fully saturated rings. The Morgan fingerprint density at radius 1 is 1.15 bits per heavy atom. The second-order valence-corrected chi connectivity index (χ2v) is 5.43. The zero-order valence-corrected chi connectivity index (χ0v) is 12.3. The number of rotatable bonds is 8. The second kappa shape index (κ2) is 7.85. The van der Waals surface area contributed by atoms with Gasteiger partial charge in [-0.25, -0.2) is 0 Å². The smallest absolute Gasteiger partial charge is 0.0522 e. The standard InChI is InChI=1S/C17H25N3/c1-2-17(18)12-16-13-19-20(14-16)11-7-6-10-15-8-4-3-5-9-15/h3-5,8-9,13-14,17H,2,6-7,10-12,18H2,1H3. The van der Waals surface area contributed by atoms with Crippen LogP contribution in [0.4, 0.5) is 0 Å². The Morgan fingerprint density at radius 2 is 1.95 bits per heavy atom. The zero-order valence-electron chi connectivity index (χ0n) is 12.3. The predicted octanol–water partition coefficient (Wildman–Crippen LogP) is 3.19. The van der Waals surface area contributed by atoms with E-state index < -0.39 is 0 Å². The van der Waals surface area contributed by atoms with Gasteiger partial charge in [0.1, 0.15) is 0 Å². The molecular formula is C17H25N3. The summed E-state index contributed by atoms with van der Waals surface area (Å²) in [6, 6.07) is 10.9. The van der Waals surface area contributed by atoms with Crippen molar-refractivity contribution in [1.29, 1.82) is 0 Å². The molecule has 108 valence electrons. The van der Waals surface area contributed by atoms with E-state index in [0.717, 1.165) is 32.2 Å². The van der Waals surface area contributed by atoms with Crippen LogP contribution in [0, 0.1) is 0 Å². The number of aromatic nitrogens is 2. The van der Waals surface area contributed by atoms with E-state index in [4.69, 9.17) is 5.73 Å². The van der Waals surface area contributed by atoms with E-state index in [0.29, 0.717) is 0 Å². The molecule has 0 amide bonds. The van der Waals surface area contributed by atoms with Crippen LogP contribution in [0.1, 0.15) is 37.3 Å². The van der Waals surface area contributed by atoms with Crippen LogP contribution in [0.2, 0.25) is 0 Å². The molecule has 1 heterocycles. The average molecular weight is 271 g/mol. The normalized spacial score (nSPS) is 12.5. The topological polar surface area (TPSA) is 43.8 Å². The first-order chi connectivity index (χ1) is 9.78. The highest BCUT2D eigenvalue weighted by atomic mass is 15.3. The fourth-order valence-electron chi connectivity index (χ4n) is 2.33. The van der Waals surface area contributed by atoms with E-state index in [1.165, 1.54) is 17.5 Å². The molecule has 0 saturated heterocycles. The summed E-state index contributed by atoms with van der Waals surface area (Å²) in [6.45, 7) is 3.12. The van der Waals surface area contributed by atoms with Crippen LogP contribution in [-0.4, -0.2) is 15.8 Å². The Labute approximate surface area is 121 Å². The van der Waals surface area contributed by atoms with Crippen molar-refractivity contribution in [3.8, 4) is 0 Å². The molecule has 1 unspecified atom stereocenters. The number of hydrogen-bond acceptors (Lipinski definition) is 2. The summed E-state index contributed by atoms with van der Waals surface area (Å²) >= 11 is 0. The summed E-state index contributed by atoms with van der Waals surface area (Å²) < 4.78 is 2.04. The number of nitrogens with zero attached hydrogens (tertiary/aromatic N) is 2. The van der Waals surface area contributed by atoms with Crippen LogP contribution in [0.5, 0.6) is 0 Å². The summed E-state index contributed by atoms with van der Waals surface area (Å²) in [7, 11) is 0. The Hall–Kier alpha value is -1.61. The monoisotopic (exact) mass is 271 g/mol. The number of unbranched alkanes of at least 4 members (excludes halogenated alkanes) is 1. The SMILES string of the molecule is CCC(N)Cc1cnn(CCCCc2ccccc2)c1. The molecular weight excluding hydrogens is 246 g/mol. The van der Waals surface area contributed by atoms with Crippen LogP contribution in [0.25, 0.3) is 0 Å². The van der Waals surface area contributed by atoms with Gasteiger partial charge in [-0.2, -0.15) is 5.10 Å². The molecule has 3 heteroatoms. The second-order valence-electron chi connectivity index (χ2n) is 5.43. The lowest BCUT2D eigenvalue weighted by atomic mass is 10.1. The van der Waals surface area contributed by atoms with Crippen molar-refractivity contribution in [2.75, 3.05) is 0 Å². The van der Waals surface area contributed by atoms with Crippen molar-refractivity contribution in [3.63, 3.8) is 0 Å². The summed E-state index contributed by atoms with van der Waals surface area (Å²) in [4.78, 5) is 0. The first-order valence-electron chi connectivity index (χ1n) is 7.58. The summed E-state index contributed by atoms with van der Waals surface area (Å²) in [5.74, 6) is 0. The molecule has 20 heavy (non-hydrogen) atoms. The van der Waals surface area contributed by atoms with Gasteiger partial charge in [-0.05, 0) is 43.2 Å². The number of benzene rings is 1. The lowest BCUT2D eigenvalue weighted by Crippen LogP contribution is -2.21. The molecule has 3 nitrogen and oxygen atoms in total. The van der Waals surface area contributed by atoms with Gasteiger partial charge in [0.15, 0.2) is 0 Å². The molecule has 0 aliphatic heterocycles. The molecule has 0 radical (unpaired) electrons. The Balaban J connectivity index is 1.69. The number of hydrogen-bond donors (Lipinski definition) is 1. The van der Waals surface area contributed by atoms with Crippen molar-refractivity contribution >= 4 is 0 Å². The molecule has 2 N–H and O–H groups in total. The molecule has 2 aromatic rings. The molecule has 1 atom stereocenters. The highest BCUT2D eigenvalue weighted by Gasteiger charge is 2.04. The maximum Gasteiger partial charge on any atom is 0.0522 e. The quantitative estimate of drug-likeness (QED) is 0.749. The van der Waals surface area contributed by atoms with Gasteiger partial charge < -0.3 is 5.73 Å². The lowest BCUT2D eigenvalue weighted by Gasteiger charge is -2.05. The van der Waals surface area contributed by atoms with Crippen molar-refractivity contribution in [3.05, 3.63) is 53.9 Å². The Kier molecular flexibility index (Phi) is 5.81. The minimum atomic E-state index is 0.255. The third kappa shape index (κ3) is 4.82. The lowest BCUT2D eigenvalue weighted by molar-refractivity contribution is 0.556. The first-order valence-corrected chi connectivity index (χ1v) is 7.58. The van der Waals surface area contributed by atoms with E-state index in [1.807, 2.05) is 10.9 Å². The number of nitrogens with two attached hydrogens (primary N) is 1. The van der Waals surface area contributed by atoms with Crippen LogP contribution < -0.4 is 5.73 Å². The van der Waals surface area contributed by atoms with E-state index in [9.17, 15) is 0 Å².